The minimum atomic E-state index is -1.06. The Hall–Kier alpha value is -2.06. The van der Waals surface area contributed by atoms with Gasteiger partial charge in [0.15, 0.2) is 5.17 Å². The zero-order valence-corrected chi connectivity index (χ0v) is 13.9. The third-order valence-electron chi connectivity index (χ3n) is 3.18. The third kappa shape index (κ3) is 4.02. The topological polar surface area (TPSA) is 111 Å². The molecule has 0 radical (unpaired) electrons. The smallest absolute Gasteiger partial charge is 0.305 e. The lowest BCUT2D eigenvalue weighted by Gasteiger charge is -2.08. The second-order valence-electron chi connectivity index (χ2n) is 4.91. The number of rotatable bonds is 4. The van der Waals surface area contributed by atoms with E-state index in [-0.39, 0.29) is 17.3 Å². The first-order chi connectivity index (χ1) is 10.8. The molecular weight excluding hydrogens is 342 g/mol. The molecule has 2 rings (SSSR count). The van der Waals surface area contributed by atoms with Gasteiger partial charge >= 0.3 is 5.97 Å². The number of aromatic hydroxyl groups is 1. The zero-order chi connectivity index (χ0) is 17.1. The van der Waals surface area contributed by atoms with Gasteiger partial charge in [0.1, 0.15) is 11.0 Å². The fourth-order valence-corrected chi connectivity index (χ4v) is 3.07. The lowest BCUT2D eigenvalue weighted by Crippen LogP contribution is -2.26. The monoisotopic (exact) mass is 355 g/mol. The quantitative estimate of drug-likeness (QED) is 0.565. The van der Waals surface area contributed by atoms with Crippen molar-refractivity contribution in [3.63, 3.8) is 0 Å². The lowest BCUT2D eigenvalue weighted by molar-refractivity contribution is -0.138. The number of aryl methyl sites for hydroxylation is 1. The molecule has 0 saturated carbocycles. The molecule has 1 amide bonds. The number of carbonyl (C=O) groups excluding carboxylic acids is 1. The highest BCUT2D eigenvalue weighted by Crippen LogP contribution is 2.29. The first kappa shape index (κ1) is 17.3. The minimum absolute atomic E-state index is 0.0280. The molecule has 0 aromatic heterocycles. The number of carboxylic acid groups (broad SMARTS) is 1. The molecule has 0 bridgehead atoms. The Bertz CT molecular complexity index is 733. The normalized spacial score (nSPS) is 19.5. The number of amides is 1. The number of nitrogens with one attached hydrogen (secondary N) is 1. The van der Waals surface area contributed by atoms with Crippen molar-refractivity contribution in [2.45, 2.75) is 25.5 Å². The molecular formula is C14H14ClN3O4S. The molecule has 7 nitrogen and oxygen atoms in total. The van der Waals surface area contributed by atoms with Crippen molar-refractivity contribution >= 4 is 46.6 Å². The van der Waals surface area contributed by atoms with E-state index in [2.05, 4.69) is 15.5 Å². The Labute approximate surface area is 141 Å². The maximum Gasteiger partial charge on any atom is 0.305 e. The second-order valence-corrected chi connectivity index (χ2v) is 6.48. The van der Waals surface area contributed by atoms with Gasteiger partial charge in [-0.05, 0) is 31.0 Å². The van der Waals surface area contributed by atoms with Crippen molar-refractivity contribution in [1.82, 2.24) is 5.32 Å². The molecule has 3 N–H and O–H groups in total. The summed E-state index contributed by atoms with van der Waals surface area (Å²) >= 11 is 7.12. The van der Waals surface area contributed by atoms with Crippen LogP contribution in [0.2, 0.25) is 5.02 Å². The van der Waals surface area contributed by atoms with Gasteiger partial charge in [0.2, 0.25) is 5.91 Å². The van der Waals surface area contributed by atoms with Crippen molar-refractivity contribution < 1.29 is 19.8 Å². The van der Waals surface area contributed by atoms with Crippen molar-refractivity contribution in [1.29, 1.82) is 0 Å². The number of phenols is 1. The van der Waals surface area contributed by atoms with Crippen LogP contribution in [0.5, 0.6) is 5.75 Å². The van der Waals surface area contributed by atoms with Crippen LogP contribution in [0.15, 0.2) is 16.3 Å². The van der Waals surface area contributed by atoms with Gasteiger partial charge in [-0.2, -0.15) is 5.10 Å². The van der Waals surface area contributed by atoms with Gasteiger partial charge in [0, 0.05) is 10.6 Å². The molecule has 1 atom stereocenters. The van der Waals surface area contributed by atoms with Crippen LogP contribution in [0, 0.1) is 13.8 Å². The molecule has 1 fully saturated rings. The molecule has 1 aromatic rings. The fraction of sp³-hybridized carbons (Fsp3) is 0.286. The molecule has 0 spiro atoms. The molecule has 122 valence electrons. The van der Waals surface area contributed by atoms with Crippen LogP contribution in [0.4, 0.5) is 0 Å². The van der Waals surface area contributed by atoms with E-state index >= 15 is 0 Å². The van der Waals surface area contributed by atoms with E-state index in [0.29, 0.717) is 16.1 Å². The number of hydrogen-bond acceptors (Lipinski definition) is 6. The van der Waals surface area contributed by atoms with Gasteiger partial charge in [-0.15, -0.1) is 5.10 Å². The number of aliphatic carboxylic acids is 1. The van der Waals surface area contributed by atoms with Crippen LogP contribution in [0.3, 0.4) is 0 Å². The molecule has 0 aliphatic carbocycles. The van der Waals surface area contributed by atoms with Crippen LogP contribution < -0.4 is 5.32 Å². The van der Waals surface area contributed by atoms with Gasteiger partial charge in [-0.3, -0.25) is 9.59 Å². The number of hydrogen-bond donors (Lipinski definition) is 3. The van der Waals surface area contributed by atoms with Crippen molar-refractivity contribution in [3.05, 3.63) is 27.8 Å². The number of halogens is 1. The molecule has 1 aliphatic rings. The van der Waals surface area contributed by atoms with Crippen LogP contribution in [0.25, 0.3) is 0 Å². The molecule has 23 heavy (non-hydrogen) atoms. The number of carbonyl (C=O) groups is 2. The third-order valence-corrected chi connectivity index (χ3v) is 4.83. The summed E-state index contributed by atoms with van der Waals surface area (Å²) in [4.78, 5) is 22.2. The summed E-state index contributed by atoms with van der Waals surface area (Å²) in [5, 5.41) is 28.8. The lowest BCUT2D eigenvalue weighted by atomic mass is 10.1. The number of nitrogens with zero attached hydrogens (tertiary/aromatic N) is 2. The molecule has 9 heteroatoms. The molecule has 1 aliphatic heterocycles. The van der Waals surface area contributed by atoms with Crippen molar-refractivity contribution in [2.24, 2.45) is 10.2 Å². The predicted octanol–water partition coefficient (Wildman–Crippen LogP) is 2.06. The maximum absolute atomic E-state index is 11.6. The average molecular weight is 356 g/mol. The standard InChI is InChI=1S/C14H14ClN3O4S/c1-6-3-9(19)8(7(2)12(6)15)5-16-18-14-17-13(22)10(23-14)4-11(20)21/h3,5,10,19H,4H2,1-2H3,(H,20,21)(H,17,18,22). The highest BCUT2D eigenvalue weighted by Gasteiger charge is 2.32. The Balaban J connectivity index is 2.15. The summed E-state index contributed by atoms with van der Waals surface area (Å²) in [5.74, 6) is -1.44. The zero-order valence-electron chi connectivity index (χ0n) is 12.3. The maximum atomic E-state index is 11.6. The Morgan fingerprint density at radius 1 is 1.52 bits per heavy atom. The van der Waals surface area contributed by atoms with E-state index in [0.717, 1.165) is 17.3 Å². The summed E-state index contributed by atoms with van der Waals surface area (Å²) < 4.78 is 0. The number of phenolic OH excluding ortho intramolecular Hbond substituents is 1. The van der Waals surface area contributed by atoms with E-state index in [1.165, 1.54) is 12.3 Å². The summed E-state index contributed by atoms with van der Waals surface area (Å²) in [5.41, 5.74) is 1.85. The van der Waals surface area contributed by atoms with E-state index in [1.807, 2.05) is 0 Å². The van der Waals surface area contributed by atoms with Crippen LogP contribution >= 0.6 is 23.4 Å². The van der Waals surface area contributed by atoms with Crippen molar-refractivity contribution in [3.8, 4) is 5.75 Å². The molecule has 1 saturated heterocycles. The number of carboxylic acids is 1. The Morgan fingerprint density at radius 2 is 2.22 bits per heavy atom. The van der Waals surface area contributed by atoms with Gasteiger partial charge in [0.05, 0.1) is 12.6 Å². The number of benzene rings is 1. The highest BCUT2D eigenvalue weighted by atomic mass is 35.5. The summed E-state index contributed by atoms with van der Waals surface area (Å²) in [6.45, 7) is 3.53. The first-order valence-corrected chi connectivity index (χ1v) is 7.84. The van der Waals surface area contributed by atoms with Gasteiger partial charge < -0.3 is 15.5 Å². The second kappa shape index (κ2) is 7.01. The van der Waals surface area contributed by atoms with Gasteiger partial charge in [-0.1, -0.05) is 23.4 Å². The Kier molecular flexibility index (Phi) is 5.27. The SMILES string of the molecule is Cc1cc(O)c(C=NN=C2NC(=O)C(CC(=O)O)S2)c(C)c1Cl. The first-order valence-electron chi connectivity index (χ1n) is 6.58. The van der Waals surface area contributed by atoms with E-state index in [4.69, 9.17) is 16.7 Å². The minimum Gasteiger partial charge on any atom is -0.507 e. The largest absolute Gasteiger partial charge is 0.507 e. The van der Waals surface area contributed by atoms with Gasteiger partial charge in [0.25, 0.3) is 0 Å². The van der Waals surface area contributed by atoms with E-state index < -0.39 is 17.1 Å². The molecule has 1 aromatic carbocycles. The van der Waals surface area contributed by atoms with Crippen LogP contribution in [-0.2, 0) is 9.59 Å². The number of thioether (sulfide) groups is 1. The van der Waals surface area contributed by atoms with Crippen LogP contribution in [0.1, 0.15) is 23.1 Å². The average Bonchev–Trinajstić information content (AvgIpc) is 2.80. The van der Waals surface area contributed by atoms with E-state index in [1.54, 1.807) is 13.8 Å². The Morgan fingerprint density at radius 3 is 2.87 bits per heavy atom. The molecule has 1 unspecified atom stereocenters. The van der Waals surface area contributed by atoms with Gasteiger partial charge in [-0.25, -0.2) is 0 Å². The molecule has 1 heterocycles. The highest BCUT2D eigenvalue weighted by molar-refractivity contribution is 8.15. The predicted molar refractivity (Wildman–Crippen MR) is 89.4 cm³/mol. The fourth-order valence-electron chi connectivity index (χ4n) is 2.00. The van der Waals surface area contributed by atoms with Crippen LogP contribution in [-0.4, -0.2) is 38.7 Å². The summed E-state index contributed by atoms with van der Waals surface area (Å²) in [6, 6.07) is 1.53. The number of amidine groups is 1. The van der Waals surface area contributed by atoms with E-state index in [9.17, 15) is 14.7 Å². The summed E-state index contributed by atoms with van der Waals surface area (Å²) in [7, 11) is 0. The summed E-state index contributed by atoms with van der Waals surface area (Å²) in [6.07, 6.45) is 1.05. The van der Waals surface area contributed by atoms with Crippen molar-refractivity contribution in [2.75, 3.05) is 0 Å².